The third-order valence-electron chi connectivity index (χ3n) is 1.90. The fraction of sp³-hybridized carbons (Fsp3) is 0.0909. The number of esters is 1. The Kier molecular flexibility index (Phi) is 5.57. The van der Waals surface area contributed by atoms with Crippen molar-refractivity contribution in [1.82, 2.24) is 0 Å². The van der Waals surface area contributed by atoms with E-state index in [9.17, 15) is 22.8 Å². The normalized spacial score (nSPS) is 10.3. The molecule has 0 amide bonds. The SMILES string of the molecule is C=C(OC(=O)c1ccc(C(=O)O)cc1)C(F)(F)F.Cl. The van der Waals surface area contributed by atoms with E-state index in [4.69, 9.17) is 5.11 Å². The predicted molar refractivity (Wildman–Crippen MR) is 61.3 cm³/mol. The molecule has 4 nitrogen and oxygen atoms in total. The van der Waals surface area contributed by atoms with Crippen molar-refractivity contribution in [3.63, 3.8) is 0 Å². The van der Waals surface area contributed by atoms with Gasteiger partial charge in [-0.1, -0.05) is 6.58 Å². The molecule has 0 saturated heterocycles. The van der Waals surface area contributed by atoms with Crippen LogP contribution >= 0.6 is 12.4 Å². The summed E-state index contributed by atoms with van der Waals surface area (Å²) in [6, 6.07) is 4.26. The summed E-state index contributed by atoms with van der Waals surface area (Å²) in [6.45, 7) is 2.58. The van der Waals surface area contributed by atoms with Crippen molar-refractivity contribution in [2.45, 2.75) is 6.18 Å². The Balaban J connectivity index is 0.00000324. The lowest BCUT2D eigenvalue weighted by molar-refractivity contribution is -0.122. The number of hydrogen-bond acceptors (Lipinski definition) is 3. The van der Waals surface area contributed by atoms with Crippen LogP contribution in [0.1, 0.15) is 20.7 Å². The number of aromatic carboxylic acids is 1. The zero-order chi connectivity index (χ0) is 13.9. The molecule has 0 aliphatic rings. The Morgan fingerprint density at radius 2 is 1.53 bits per heavy atom. The van der Waals surface area contributed by atoms with Crippen LogP contribution in [0, 0.1) is 0 Å². The number of carbonyl (C=O) groups is 2. The van der Waals surface area contributed by atoms with Crippen LogP contribution in [0.5, 0.6) is 0 Å². The molecule has 104 valence electrons. The maximum absolute atomic E-state index is 12.0. The second kappa shape index (κ2) is 6.24. The number of alkyl halides is 3. The van der Waals surface area contributed by atoms with Crippen LogP contribution < -0.4 is 0 Å². The molecule has 0 aromatic heterocycles. The molecule has 0 spiro atoms. The minimum absolute atomic E-state index is 0. The lowest BCUT2D eigenvalue weighted by atomic mass is 10.1. The van der Waals surface area contributed by atoms with Crippen LogP contribution in [-0.4, -0.2) is 23.2 Å². The summed E-state index contributed by atoms with van der Waals surface area (Å²) in [5.41, 5.74) is -0.299. The summed E-state index contributed by atoms with van der Waals surface area (Å²) in [7, 11) is 0. The monoisotopic (exact) mass is 296 g/mol. The van der Waals surface area contributed by atoms with Crippen molar-refractivity contribution < 1.29 is 32.6 Å². The molecule has 0 aliphatic heterocycles. The molecule has 0 bridgehead atoms. The molecule has 0 aliphatic carbocycles. The zero-order valence-electron chi connectivity index (χ0n) is 9.23. The quantitative estimate of drug-likeness (QED) is 0.688. The second-order valence-electron chi connectivity index (χ2n) is 3.19. The molecule has 0 saturated carbocycles. The number of rotatable bonds is 3. The van der Waals surface area contributed by atoms with Crippen LogP contribution in [0.15, 0.2) is 36.6 Å². The number of benzene rings is 1. The second-order valence-corrected chi connectivity index (χ2v) is 3.19. The number of ether oxygens (including phenoxy) is 1. The first-order chi connectivity index (χ1) is 8.21. The van der Waals surface area contributed by atoms with Crippen LogP contribution in [-0.2, 0) is 4.74 Å². The number of hydrogen-bond donors (Lipinski definition) is 1. The number of carboxylic acid groups (broad SMARTS) is 1. The fourth-order valence-corrected chi connectivity index (χ4v) is 0.978. The van der Waals surface area contributed by atoms with Gasteiger partial charge in [0.15, 0.2) is 0 Å². The van der Waals surface area contributed by atoms with Gasteiger partial charge in [0.05, 0.1) is 11.1 Å². The molecule has 0 atom stereocenters. The van der Waals surface area contributed by atoms with E-state index in [1.54, 1.807) is 0 Å². The first-order valence-electron chi connectivity index (χ1n) is 4.53. The lowest BCUT2D eigenvalue weighted by Gasteiger charge is -2.10. The largest absolute Gasteiger partial charge is 0.478 e. The minimum atomic E-state index is -4.82. The van der Waals surface area contributed by atoms with Crippen molar-refractivity contribution in [1.29, 1.82) is 0 Å². The average molecular weight is 297 g/mol. The van der Waals surface area contributed by atoms with Gasteiger partial charge in [0.1, 0.15) is 0 Å². The van der Waals surface area contributed by atoms with E-state index < -0.39 is 23.9 Å². The third kappa shape index (κ3) is 4.63. The molecule has 1 aromatic carbocycles. The number of halogens is 4. The highest BCUT2D eigenvalue weighted by Gasteiger charge is 2.35. The molecule has 1 N–H and O–H groups in total. The van der Waals surface area contributed by atoms with E-state index in [1.807, 2.05) is 0 Å². The molecule has 19 heavy (non-hydrogen) atoms. The molecule has 1 aromatic rings. The van der Waals surface area contributed by atoms with Crippen LogP contribution in [0.4, 0.5) is 13.2 Å². The van der Waals surface area contributed by atoms with Gasteiger partial charge in [-0.15, -0.1) is 12.4 Å². The van der Waals surface area contributed by atoms with Crippen molar-refractivity contribution in [3.05, 3.63) is 47.7 Å². The summed E-state index contributed by atoms with van der Waals surface area (Å²) in [5, 5.41) is 8.59. The van der Waals surface area contributed by atoms with E-state index in [2.05, 4.69) is 11.3 Å². The number of allylic oxidation sites excluding steroid dienone is 1. The van der Waals surface area contributed by atoms with Gasteiger partial charge < -0.3 is 9.84 Å². The lowest BCUT2D eigenvalue weighted by Crippen LogP contribution is -2.17. The summed E-state index contributed by atoms with van der Waals surface area (Å²) in [5.74, 6) is -4.10. The molecular weight excluding hydrogens is 289 g/mol. The van der Waals surface area contributed by atoms with Crippen molar-refractivity contribution in [2.24, 2.45) is 0 Å². The standard InChI is InChI=1S/C11H7F3O4.ClH/c1-6(11(12,13)14)18-10(17)8-4-2-7(3-5-8)9(15)16;/h2-5H,1H2,(H,15,16);1H. The van der Waals surface area contributed by atoms with Crippen molar-refractivity contribution in [3.8, 4) is 0 Å². The summed E-state index contributed by atoms with van der Waals surface area (Å²) in [6.07, 6.45) is -4.82. The van der Waals surface area contributed by atoms with Gasteiger partial charge in [0.25, 0.3) is 0 Å². The van der Waals surface area contributed by atoms with Gasteiger partial charge >= 0.3 is 18.1 Å². The molecule has 0 fully saturated rings. The van der Waals surface area contributed by atoms with E-state index in [0.717, 1.165) is 24.3 Å². The predicted octanol–water partition coefficient (Wildman–Crippen LogP) is 3.04. The van der Waals surface area contributed by atoms with Crippen molar-refractivity contribution in [2.75, 3.05) is 0 Å². The van der Waals surface area contributed by atoms with E-state index in [0.29, 0.717) is 0 Å². The fourth-order valence-electron chi connectivity index (χ4n) is 0.978. The van der Waals surface area contributed by atoms with Crippen LogP contribution in [0.3, 0.4) is 0 Å². The molecule has 0 radical (unpaired) electrons. The topological polar surface area (TPSA) is 63.6 Å². The highest BCUT2D eigenvalue weighted by molar-refractivity contribution is 5.93. The molecule has 8 heteroatoms. The number of carboxylic acids is 1. The van der Waals surface area contributed by atoms with Gasteiger partial charge in [0.2, 0.25) is 5.76 Å². The Bertz CT molecular complexity index is 494. The Morgan fingerprint density at radius 1 is 1.11 bits per heavy atom. The van der Waals surface area contributed by atoms with Gasteiger partial charge in [-0.05, 0) is 24.3 Å². The maximum atomic E-state index is 12.0. The first-order valence-corrected chi connectivity index (χ1v) is 4.53. The summed E-state index contributed by atoms with van der Waals surface area (Å²) < 4.78 is 40.1. The molecule has 0 heterocycles. The number of carbonyl (C=O) groups excluding carboxylic acids is 1. The van der Waals surface area contributed by atoms with E-state index in [1.165, 1.54) is 0 Å². The van der Waals surface area contributed by atoms with Gasteiger partial charge in [0, 0.05) is 0 Å². The van der Waals surface area contributed by atoms with E-state index in [-0.39, 0.29) is 23.5 Å². The Hall–Kier alpha value is -2.02. The molecule has 0 unspecified atom stereocenters. The highest BCUT2D eigenvalue weighted by Crippen LogP contribution is 2.25. The van der Waals surface area contributed by atoms with Crippen molar-refractivity contribution >= 4 is 24.3 Å². The van der Waals surface area contributed by atoms with Gasteiger partial charge in [-0.25, -0.2) is 9.59 Å². The Morgan fingerprint density at radius 3 is 1.89 bits per heavy atom. The Labute approximate surface area is 111 Å². The molecule has 1 rings (SSSR count). The third-order valence-corrected chi connectivity index (χ3v) is 1.90. The average Bonchev–Trinajstić information content (AvgIpc) is 2.27. The zero-order valence-corrected chi connectivity index (χ0v) is 10.0. The maximum Gasteiger partial charge on any atom is 0.449 e. The van der Waals surface area contributed by atoms with Crippen LogP contribution in [0.2, 0.25) is 0 Å². The smallest absolute Gasteiger partial charge is 0.449 e. The minimum Gasteiger partial charge on any atom is -0.478 e. The highest BCUT2D eigenvalue weighted by atomic mass is 35.5. The summed E-state index contributed by atoms with van der Waals surface area (Å²) >= 11 is 0. The van der Waals surface area contributed by atoms with Gasteiger partial charge in [-0.3, -0.25) is 0 Å². The summed E-state index contributed by atoms with van der Waals surface area (Å²) in [4.78, 5) is 21.8. The van der Waals surface area contributed by atoms with E-state index >= 15 is 0 Å². The van der Waals surface area contributed by atoms with Crippen LogP contribution in [0.25, 0.3) is 0 Å². The first kappa shape index (κ1) is 17.0. The van der Waals surface area contributed by atoms with Gasteiger partial charge in [-0.2, -0.15) is 13.2 Å². The molecular formula is C11H8ClF3O4.